The molecule has 0 aliphatic rings. The molecule has 0 spiro atoms. The Balaban J connectivity index is 2.24. The molecule has 17 heavy (non-hydrogen) atoms. The number of pyridine rings is 1. The first-order valence-corrected chi connectivity index (χ1v) is 4.90. The summed E-state index contributed by atoms with van der Waals surface area (Å²) in [5.41, 5.74) is 4.88. The lowest BCUT2D eigenvalue weighted by Gasteiger charge is -2.09. The highest BCUT2D eigenvalue weighted by Crippen LogP contribution is 1.96. The van der Waals surface area contributed by atoms with Gasteiger partial charge in [-0.05, 0) is 19.1 Å². The van der Waals surface area contributed by atoms with Crippen LogP contribution in [0.25, 0.3) is 0 Å². The topological polar surface area (TPSA) is 101 Å². The van der Waals surface area contributed by atoms with Gasteiger partial charge in [0.25, 0.3) is 5.91 Å². The second-order valence-corrected chi connectivity index (χ2v) is 3.18. The Morgan fingerprint density at radius 3 is 2.88 bits per heavy atom. The number of rotatable bonds is 6. The summed E-state index contributed by atoms with van der Waals surface area (Å²) in [7, 11) is 0. The van der Waals surface area contributed by atoms with Gasteiger partial charge in [-0.15, -0.1) is 0 Å². The van der Waals surface area contributed by atoms with Crippen LogP contribution in [-0.2, 0) is 14.3 Å². The van der Waals surface area contributed by atoms with Crippen molar-refractivity contribution in [2.45, 2.75) is 13.0 Å². The normalized spacial score (nSPS) is 11.6. The van der Waals surface area contributed by atoms with Crippen molar-refractivity contribution in [3.8, 4) is 0 Å². The van der Waals surface area contributed by atoms with Crippen LogP contribution in [0.15, 0.2) is 24.4 Å². The second kappa shape index (κ2) is 6.44. The molecule has 1 heterocycles. The molecule has 0 bridgehead atoms. The first kappa shape index (κ1) is 12.9. The molecule has 3 N–H and O–H groups in total. The third-order valence-corrected chi connectivity index (χ3v) is 1.81. The van der Waals surface area contributed by atoms with E-state index in [4.69, 9.17) is 9.84 Å². The highest BCUT2D eigenvalue weighted by atomic mass is 16.5. The van der Waals surface area contributed by atoms with Crippen LogP contribution in [-0.4, -0.2) is 34.7 Å². The number of amides is 1. The largest absolute Gasteiger partial charge is 0.479 e. The molecular formula is C10H13N3O4. The van der Waals surface area contributed by atoms with E-state index < -0.39 is 18.0 Å². The maximum absolute atomic E-state index is 11.2. The van der Waals surface area contributed by atoms with Crippen LogP contribution in [0.2, 0.25) is 0 Å². The molecule has 1 unspecified atom stereocenters. The molecule has 1 aromatic heterocycles. The Labute approximate surface area is 97.8 Å². The zero-order chi connectivity index (χ0) is 12.7. The van der Waals surface area contributed by atoms with Gasteiger partial charge < -0.3 is 9.84 Å². The van der Waals surface area contributed by atoms with Crippen molar-refractivity contribution in [1.29, 1.82) is 0 Å². The summed E-state index contributed by atoms with van der Waals surface area (Å²) < 4.78 is 4.78. The SMILES string of the molecule is CC(OCC(=O)NNc1ccccn1)C(=O)O. The molecule has 7 heteroatoms. The third kappa shape index (κ3) is 4.94. The van der Waals surface area contributed by atoms with Gasteiger partial charge in [-0.3, -0.25) is 15.6 Å². The van der Waals surface area contributed by atoms with E-state index in [2.05, 4.69) is 15.8 Å². The fourth-order valence-corrected chi connectivity index (χ4v) is 0.879. The molecule has 0 fully saturated rings. The van der Waals surface area contributed by atoms with E-state index in [9.17, 15) is 9.59 Å². The van der Waals surface area contributed by atoms with Gasteiger partial charge in [-0.2, -0.15) is 0 Å². The highest BCUT2D eigenvalue weighted by Gasteiger charge is 2.12. The van der Waals surface area contributed by atoms with Crippen molar-refractivity contribution in [2.75, 3.05) is 12.0 Å². The van der Waals surface area contributed by atoms with E-state index in [1.54, 1.807) is 24.4 Å². The first-order chi connectivity index (χ1) is 8.09. The Kier molecular flexibility index (Phi) is 4.89. The van der Waals surface area contributed by atoms with Crippen molar-refractivity contribution < 1.29 is 19.4 Å². The van der Waals surface area contributed by atoms with E-state index in [0.29, 0.717) is 5.82 Å². The molecule has 0 aliphatic heterocycles. The van der Waals surface area contributed by atoms with Gasteiger partial charge in [0, 0.05) is 6.20 Å². The molecule has 0 aromatic carbocycles. The fourth-order valence-electron chi connectivity index (χ4n) is 0.879. The maximum Gasteiger partial charge on any atom is 0.332 e. The number of nitrogens with zero attached hydrogens (tertiary/aromatic N) is 1. The standard InChI is InChI=1S/C10H13N3O4/c1-7(10(15)16)17-6-9(14)13-12-8-4-2-3-5-11-8/h2-5,7H,6H2,1H3,(H,11,12)(H,13,14)(H,15,16). The fraction of sp³-hybridized carbons (Fsp3) is 0.300. The molecule has 92 valence electrons. The van der Waals surface area contributed by atoms with Crippen LogP contribution >= 0.6 is 0 Å². The second-order valence-electron chi connectivity index (χ2n) is 3.18. The van der Waals surface area contributed by atoms with Crippen molar-refractivity contribution in [3.63, 3.8) is 0 Å². The van der Waals surface area contributed by atoms with Crippen LogP contribution in [0.1, 0.15) is 6.92 Å². The van der Waals surface area contributed by atoms with Gasteiger partial charge in [0.05, 0.1) is 0 Å². The number of ether oxygens (including phenoxy) is 1. The number of aromatic nitrogens is 1. The van der Waals surface area contributed by atoms with Crippen molar-refractivity contribution in [3.05, 3.63) is 24.4 Å². The lowest BCUT2D eigenvalue weighted by Crippen LogP contribution is -2.35. The third-order valence-electron chi connectivity index (χ3n) is 1.81. The quantitative estimate of drug-likeness (QED) is 0.605. The smallest absolute Gasteiger partial charge is 0.332 e. The van der Waals surface area contributed by atoms with Gasteiger partial charge in [-0.1, -0.05) is 6.07 Å². The van der Waals surface area contributed by atoms with E-state index in [1.807, 2.05) is 0 Å². The molecule has 0 radical (unpaired) electrons. The highest BCUT2D eigenvalue weighted by molar-refractivity contribution is 5.79. The van der Waals surface area contributed by atoms with Gasteiger partial charge in [-0.25, -0.2) is 9.78 Å². The van der Waals surface area contributed by atoms with Gasteiger partial charge in [0.2, 0.25) is 0 Å². The molecule has 0 saturated heterocycles. The molecule has 1 rings (SSSR count). The van der Waals surface area contributed by atoms with E-state index in [1.165, 1.54) is 6.92 Å². The van der Waals surface area contributed by atoms with E-state index in [0.717, 1.165) is 0 Å². The summed E-state index contributed by atoms with van der Waals surface area (Å²) in [5, 5.41) is 8.52. The number of carboxylic acids is 1. The zero-order valence-corrected chi connectivity index (χ0v) is 9.21. The van der Waals surface area contributed by atoms with Crippen molar-refractivity contribution >= 4 is 17.7 Å². The average molecular weight is 239 g/mol. The summed E-state index contributed by atoms with van der Waals surface area (Å²) in [6.45, 7) is 1.01. The minimum Gasteiger partial charge on any atom is -0.479 e. The molecule has 0 saturated carbocycles. The van der Waals surface area contributed by atoms with Crippen LogP contribution in [0.5, 0.6) is 0 Å². The maximum atomic E-state index is 11.2. The lowest BCUT2D eigenvalue weighted by molar-refractivity contribution is -0.150. The van der Waals surface area contributed by atoms with Crippen LogP contribution in [0, 0.1) is 0 Å². The number of anilines is 1. The summed E-state index contributed by atoms with van der Waals surface area (Å²) in [4.78, 5) is 25.5. The number of hydrazine groups is 1. The zero-order valence-electron chi connectivity index (χ0n) is 9.21. The number of nitrogens with one attached hydrogen (secondary N) is 2. The van der Waals surface area contributed by atoms with Crippen LogP contribution in [0.4, 0.5) is 5.82 Å². The first-order valence-electron chi connectivity index (χ1n) is 4.90. The number of hydrogen-bond acceptors (Lipinski definition) is 5. The van der Waals surface area contributed by atoms with Gasteiger partial charge >= 0.3 is 5.97 Å². The molecule has 1 aromatic rings. The molecule has 7 nitrogen and oxygen atoms in total. The van der Waals surface area contributed by atoms with Gasteiger partial charge in [0.1, 0.15) is 12.4 Å². The molecule has 1 amide bonds. The van der Waals surface area contributed by atoms with Gasteiger partial charge in [0.15, 0.2) is 6.10 Å². The number of carbonyl (C=O) groups excluding carboxylic acids is 1. The number of carboxylic acid groups (broad SMARTS) is 1. The van der Waals surface area contributed by atoms with E-state index in [-0.39, 0.29) is 6.61 Å². The monoisotopic (exact) mass is 239 g/mol. The molecule has 1 atom stereocenters. The summed E-state index contributed by atoms with van der Waals surface area (Å²) >= 11 is 0. The van der Waals surface area contributed by atoms with Crippen molar-refractivity contribution in [1.82, 2.24) is 10.4 Å². The number of hydrogen-bond donors (Lipinski definition) is 3. The minimum absolute atomic E-state index is 0.340. The number of aliphatic carboxylic acids is 1. The minimum atomic E-state index is -1.12. The van der Waals surface area contributed by atoms with E-state index >= 15 is 0 Å². The Morgan fingerprint density at radius 1 is 1.53 bits per heavy atom. The predicted molar refractivity (Wildman–Crippen MR) is 59.1 cm³/mol. The summed E-state index contributed by atoms with van der Waals surface area (Å²) in [5.74, 6) is -1.12. The van der Waals surface area contributed by atoms with Crippen LogP contribution in [0.3, 0.4) is 0 Å². The summed E-state index contributed by atoms with van der Waals surface area (Å²) in [6.07, 6.45) is 0.549. The predicted octanol–water partition coefficient (Wildman–Crippen LogP) is 0.0144. The Hall–Kier alpha value is -2.15. The number of carbonyl (C=O) groups is 2. The van der Waals surface area contributed by atoms with Crippen LogP contribution < -0.4 is 10.9 Å². The molecule has 0 aliphatic carbocycles. The van der Waals surface area contributed by atoms with Crippen molar-refractivity contribution in [2.24, 2.45) is 0 Å². The summed E-state index contributed by atoms with van der Waals surface area (Å²) in [6, 6.07) is 5.16. The lowest BCUT2D eigenvalue weighted by atomic mass is 10.4. The molecular weight excluding hydrogens is 226 g/mol. The average Bonchev–Trinajstić information content (AvgIpc) is 2.34. The Morgan fingerprint density at radius 2 is 2.29 bits per heavy atom. The Bertz CT molecular complexity index is 382.